The molecule has 0 bridgehead atoms. The van der Waals surface area contributed by atoms with Crippen molar-refractivity contribution in [2.45, 2.75) is 12.5 Å². The molecule has 1 aromatic rings. The number of nitrogens with two attached hydrogens (primary N) is 2. The molecule has 0 spiro atoms. The van der Waals surface area contributed by atoms with E-state index in [0.717, 1.165) is 0 Å². The van der Waals surface area contributed by atoms with Gasteiger partial charge in [0.05, 0.1) is 6.61 Å². The van der Waals surface area contributed by atoms with Gasteiger partial charge in [-0.25, -0.2) is 0 Å². The van der Waals surface area contributed by atoms with Gasteiger partial charge in [0.2, 0.25) is 5.91 Å². The third kappa shape index (κ3) is 3.83. The zero-order valence-electron chi connectivity index (χ0n) is 10.0. The van der Waals surface area contributed by atoms with Gasteiger partial charge in [-0.15, -0.1) is 0 Å². The lowest BCUT2D eigenvalue weighted by molar-refractivity contribution is -0.123. The van der Waals surface area contributed by atoms with E-state index in [1.807, 2.05) is 0 Å². The van der Waals surface area contributed by atoms with Gasteiger partial charge in [-0.2, -0.15) is 0 Å². The number of hydrogen-bond donors (Lipinski definition) is 5. The lowest BCUT2D eigenvalue weighted by atomic mass is 10.1. The molecule has 1 atom stereocenters. The highest BCUT2D eigenvalue weighted by Crippen LogP contribution is 2.12. The Balaban J connectivity index is 2.43. The molecule has 0 radical (unpaired) electrons. The summed E-state index contributed by atoms with van der Waals surface area (Å²) in [4.78, 5) is 11.3. The fraction of sp³-hybridized carbons (Fsp3) is 0.333. The number of aliphatic hydroxyl groups is 1. The van der Waals surface area contributed by atoms with E-state index in [1.165, 1.54) is 0 Å². The molecule has 0 aliphatic heterocycles. The summed E-state index contributed by atoms with van der Waals surface area (Å²) in [5.41, 5.74) is 12.6. The van der Waals surface area contributed by atoms with Crippen LogP contribution in [0.2, 0.25) is 0 Å². The summed E-state index contributed by atoms with van der Waals surface area (Å²) >= 11 is 0. The van der Waals surface area contributed by atoms with Crippen molar-refractivity contribution in [3.63, 3.8) is 0 Å². The maximum Gasteiger partial charge on any atom is 0.239 e. The second-order valence-corrected chi connectivity index (χ2v) is 3.90. The quantitative estimate of drug-likeness (QED) is 0.343. The van der Waals surface area contributed by atoms with Crippen LogP contribution in [0.1, 0.15) is 12.0 Å². The Labute approximate surface area is 105 Å². The van der Waals surface area contributed by atoms with Gasteiger partial charge >= 0.3 is 0 Å². The van der Waals surface area contributed by atoms with E-state index in [9.17, 15) is 4.79 Å². The molecule has 0 aliphatic carbocycles. The van der Waals surface area contributed by atoms with Crippen molar-refractivity contribution in [3.05, 3.63) is 29.8 Å². The van der Waals surface area contributed by atoms with Crippen molar-refractivity contribution in [1.82, 2.24) is 5.32 Å². The molecule has 1 aromatic carbocycles. The number of anilines is 1. The lowest BCUT2D eigenvalue weighted by Crippen LogP contribution is -2.43. The van der Waals surface area contributed by atoms with Crippen molar-refractivity contribution in [2.24, 2.45) is 5.73 Å². The van der Waals surface area contributed by atoms with E-state index >= 15 is 0 Å². The third-order valence-electron chi connectivity index (χ3n) is 2.49. The minimum absolute atomic E-state index is 0.291. The van der Waals surface area contributed by atoms with Crippen LogP contribution in [0, 0.1) is 5.41 Å². The van der Waals surface area contributed by atoms with Gasteiger partial charge in [0.1, 0.15) is 6.04 Å². The van der Waals surface area contributed by atoms with Crippen molar-refractivity contribution >= 4 is 17.3 Å². The Bertz CT molecular complexity index is 434. The number of benzene rings is 1. The second-order valence-electron chi connectivity index (χ2n) is 3.90. The highest BCUT2D eigenvalue weighted by molar-refractivity contribution is 6.02. The maximum absolute atomic E-state index is 11.3. The Morgan fingerprint density at radius 3 is 2.72 bits per heavy atom. The van der Waals surface area contributed by atoms with Crippen LogP contribution in [-0.4, -0.2) is 35.9 Å². The number of nitrogen functional groups attached to an aromatic ring is 1. The SMILES string of the molecule is N=C(CCNC(=O)C(N)CO)c1ccccc1N. The topological polar surface area (TPSA) is 125 Å². The number of para-hydroxylation sites is 1. The van der Waals surface area contributed by atoms with Crippen LogP contribution in [0.3, 0.4) is 0 Å². The molecule has 6 heteroatoms. The fourth-order valence-corrected chi connectivity index (χ4v) is 1.43. The largest absolute Gasteiger partial charge is 0.398 e. The average Bonchev–Trinajstić information content (AvgIpc) is 2.37. The first-order chi connectivity index (χ1) is 8.56. The van der Waals surface area contributed by atoms with Crippen molar-refractivity contribution in [1.29, 1.82) is 5.41 Å². The monoisotopic (exact) mass is 250 g/mol. The molecule has 0 saturated heterocycles. The molecular formula is C12H18N4O2. The predicted octanol–water partition coefficient (Wildman–Crippen LogP) is -0.537. The summed E-state index contributed by atoms with van der Waals surface area (Å²) in [5, 5.41) is 19.1. The molecule has 0 aromatic heterocycles. The molecule has 1 unspecified atom stereocenters. The number of carbonyl (C=O) groups excluding carboxylic acids is 1. The molecule has 98 valence electrons. The molecule has 1 amide bonds. The fourth-order valence-electron chi connectivity index (χ4n) is 1.43. The third-order valence-corrected chi connectivity index (χ3v) is 2.49. The van der Waals surface area contributed by atoms with E-state index < -0.39 is 18.6 Å². The average molecular weight is 250 g/mol. The highest BCUT2D eigenvalue weighted by atomic mass is 16.3. The zero-order valence-corrected chi connectivity index (χ0v) is 10.0. The van der Waals surface area contributed by atoms with Crippen molar-refractivity contribution < 1.29 is 9.90 Å². The van der Waals surface area contributed by atoms with Crippen LogP contribution < -0.4 is 16.8 Å². The Hall–Kier alpha value is -1.92. The Kier molecular flexibility index (Phi) is 5.29. The molecule has 0 heterocycles. The first kappa shape index (κ1) is 14.1. The summed E-state index contributed by atoms with van der Waals surface area (Å²) < 4.78 is 0. The summed E-state index contributed by atoms with van der Waals surface area (Å²) in [6.45, 7) is -0.103. The van der Waals surface area contributed by atoms with Crippen LogP contribution >= 0.6 is 0 Å². The predicted molar refractivity (Wildman–Crippen MR) is 70.4 cm³/mol. The van der Waals surface area contributed by atoms with Gasteiger partial charge in [0.15, 0.2) is 0 Å². The van der Waals surface area contributed by atoms with Gasteiger partial charge in [0.25, 0.3) is 0 Å². The summed E-state index contributed by atoms with van der Waals surface area (Å²) in [7, 11) is 0. The van der Waals surface area contributed by atoms with Gasteiger partial charge in [-0.1, -0.05) is 18.2 Å². The van der Waals surface area contributed by atoms with Gasteiger partial charge in [-0.3, -0.25) is 4.79 Å². The smallest absolute Gasteiger partial charge is 0.239 e. The van der Waals surface area contributed by atoms with Crippen molar-refractivity contribution in [3.8, 4) is 0 Å². The van der Waals surface area contributed by atoms with Crippen LogP contribution in [0.25, 0.3) is 0 Å². The Morgan fingerprint density at radius 1 is 1.44 bits per heavy atom. The number of carbonyl (C=O) groups is 1. The molecule has 18 heavy (non-hydrogen) atoms. The summed E-state index contributed by atoms with van der Waals surface area (Å²) in [6, 6.07) is 6.18. The van der Waals surface area contributed by atoms with E-state index in [2.05, 4.69) is 5.32 Å². The van der Waals surface area contributed by atoms with E-state index in [1.54, 1.807) is 24.3 Å². The molecule has 0 aliphatic rings. The van der Waals surface area contributed by atoms with E-state index in [-0.39, 0.29) is 0 Å². The number of rotatable bonds is 6. The lowest BCUT2D eigenvalue weighted by Gasteiger charge is -2.10. The molecule has 0 saturated carbocycles. The molecule has 7 N–H and O–H groups in total. The molecular weight excluding hydrogens is 232 g/mol. The maximum atomic E-state index is 11.3. The summed E-state index contributed by atoms with van der Waals surface area (Å²) in [6.07, 6.45) is 0.359. The number of aliphatic hydroxyl groups excluding tert-OH is 1. The van der Waals surface area contributed by atoms with Gasteiger partial charge < -0.3 is 27.3 Å². The molecule has 0 fully saturated rings. The van der Waals surface area contributed by atoms with E-state index in [4.69, 9.17) is 22.0 Å². The minimum atomic E-state index is -0.916. The second kappa shape index (κ2) is 6.73. The summed E-state index contributed by atoms with van der Waals surface area (Å²) in [5.74, 6) is -0.425. The van der Waals surface area contributed by atoms with E-state index in [0.29, 0.717) is 29.9 Å². The Morgan fingerprint density at radius 2 is 2.11 bits per heavy atom. The first-order valence-electron chi connectivity index (χ1n) is 5.62. The van der Waals surface area contributed by atoms with Gasteiger partial charge in [-0.05, 0) is 6.07 Å². The number of amides is 1. The number of hydrogen-bond acceptors (Lipinski definition) is 5. The van der Waals surface area contributed by atoms with Crippen LogP contribution in [-0.2, 0) is 4.79 Å². The van der Waals surface area contributed by atoms with Crippen LogP contribution in [0.4, 0.5) is 5.69 Å². The molecule has 1 rings (SSSR count). The standard InChI is InChI=1S/C12H18N4O2/c13-9-4-2-1-3-8(9)10(14)5-6-16-12(18)11(15)7-17/h1-4,11,14,17H,5-7,13,15H2,(H,16,18). The highest BCUT2D eigenvalue weighted by Gasteiger charge is 2.11. The van der Waals surface area contributed by atoms with Crippen molar-refractivity contribution in [2.75, 3.05) is 18.9 Å². The van der Waals surface area contributed by atoms with Crippen LogP contribution in [0.15, 0.2) is 24.3 Å². The van der Waals surface area contributed by atoms with Crippen LogP contribution in [0.5, 0.6) is 0 Å². The zero-order chi connectivity index (χ0) is 13.5. The molecule has 6 nitrogen and oxygen atoms in total. The number of nitrogens with one attached hydrogen (secondary N) is 2. The minimum Gasteiger partial charge on any atom is -0.398 e. The first-order valence-corrected chi connectivity index (χ1v) is 5.62. The van der Waals surface area contributed by atoms with Gasteiger partial charge in [0, 0.05) is 29.9 Å². The normalized spacial score (nSPS) is 11.9.